The number of fused-ring (bicyclic) bond motifs is 2. The van der Waals surface area contributed by atoms with Crippen molar-refractivity contribution < 1.29 is 50.5 Å². The molecule has 25 nitrogen and oxygen atoms in total. The number of imidazole rings is 3. The molecule has 2 fully saturated rings. The van der Waals surface area contributed by atoms with Gasteiger partial charge >= 0.3 is 17.8 Å². The normalized spacial score (nSPS) is 20.8. The predicted molar refractivity (Wildman–Crippen MR) is 266 cm³/mol. The van der Waals surface area contributed by atoms with Crippen LogP contribution in [0.4, 0.5) is 11.6 Å². The van der Waals surface area contributed by atoms with Gasteiger partial charge in [-0.3, -0.25) is 32.3 Å². The van der Waals surface area contributed by atoms with E-state index < -0.39 is 65.7 Å². The second-order valence-electron chi connectivity index (χ2n) is 17.6. The molecular weight excluding hydrogens is 1000 g/mol. The van der Waals surface area contributed by atoms with Gasteiger partial charge in [-0.25, -0.2) is 41.5 Å². The maximum atomic E-state index is 14.4. The van der Waals surface area contributed by atoms with Crippen LogP contribution in [0.5, 0.6) is 0 Å². The van der Waals surface area contributed by atoms with Crippen LogP contribution in [-0.2, 0) is 49.6 Å². The number of nitrogens with one attached hydrogen (secondary N) is 2. The zero-order valence-corrected chi connectivity index (χ0v) is 42.5. The molecule has 74 heavy (non-hydrogen) atoms. The molecule has 27 heteroatoms. The summed E-state index contributed by atoms with van der Waals surface area (Å²) in [5.41, 5.74) is 2.11. The quantitative estimate of drug-likeness (QED) is 0.0449. The van der Waals surface area contributed by atoms with Gasteiger partial charge in [-0.2, -0.15) is 8.42 Å². The highest BCUT2D eigenvalue weighted by Gasteiger charge is 2.46. The second-order valence-corrected chi connectivity index (χ2v) is 21.2. The Morgan fingerprint density at radius 3 is 1.84 bits per heavy atom. The second kappa shape index (κ2) is 22.7. The number of carbonyl (C=O) groups excluding carboxylic acids is 2. The summed E-state index contributed by atoms with van der Waals surface area (Å²) < 4.78 is 83.3. The van der Waals surface area contributed by atoms with Crippen LogP contribution in [0, 0.1) is 6.57 Å². The summed E-state index contributed by atoms with van der Waals surface area (Å²) in [6, 6.07) is 17.3. The molecule has 2 aliphatic rings. The van der Waals surface area contributed by atoms with Crippen LogP contribution in [0.2, 0.25) is 0 Å². The molecule has 2 N–H and O–H groups in total. The molecule has 2 amide bonds. The van der Waals surface area contributed by atoms with Crippen molar-refractivity contribution in [2.75, 3.05) is 37.0 Å². The third kappa shape index (κ3) is 11.7. The third-order valence-corrected chi connectivity index (χ3v) is 15.7. The zero-order chi connectivity index (χ0) is 52.0. The van der Waals surface area contributed by atoms with E-state index in [1.807, 2.05) is 33.8 Å². The van der Waals surface area contributed by atoms with E-state index in [9.17, 15) is 18.0 Å². The van der Waals surface area contributed by atoms with E-state index in [0.29, 0.717) is 27.9 Å². The highest BCUT2D eigenvalue weighted by atomic mass is 32.2. The number of hydrogen-bond donors (Lipinski definition) is 2. The fourth-order valence-electron chi connectivity index (χ4n) is 8.25. The van der Waals surface area contributed by atoms with Gasteiger partial charge in [0.1, 0.15) is 50.0 Å². The Morgan fingerprint density at radius 2 is 1.32 bits per heavy atom. The first-order valence-electron chi connectivity index (χ1n) is 23.5. The lowest BCUT2D eigenvalue weighted by Crippen LogP contribution is -2.33. The highest BCUT2D eigenvalue weighted by molar-refractivity contribution is 7.92. The molecule has 2 aromatic carbocycles. The van der Waals surface area contributed by atoms with Crippen molar-refractivity contribution in [2.45, 2.75) is 94.8 Å². The smallest absolute Gasteiger partial charge is 0.372 e. The topological polar surface area (TPSA) is 279 Å². The molecule has 7 aromatic rings. The number of anilines is 2. The van der Waals surface area contributed by atoms with E-state index in [0.717, 1.165) is 0 Å². The molecule has 0 saturated carbocycles. The molecule has 7 heterocycles. The van der Waals surface area contributed by atoms with Gasteiger partial charge in [-0.15, -0.1) is 0 Å². The van der Waals surface area contributed by atoms with Gasteiger partial charge in [0.2, 0.25) is 6.54 Å². The molecule has 0 aliphatic carbocycles. The maximum Gasteiger partial charge on any atom is 0.372 e. The molecule has 9 rings (SSSR count). The third-order valence-electron chi connectivity index (χ3n) is 11.6. The Labute approximate surface area is 425 Å². The van der Waals surface area contributed by atoms with E-state index in [1.165, 1.54) is 49.3 Å². The number of benzene rings is 2. The van der Waals surface area contributed by atoms with Crippen molar-refractivity contribution in [3.05, 3.63) is 121 Å². The van der Waals surface area contributed by atoms with Gasteiger partial charge in [0.25, 0.3) is 17.0 Å². The van der Waals surface area contributed by atoms with Crippen molar-refractivity contribution >= 4 is 63.5 Å². The average molecular weight is 1050 g/mol. The molecule has 0 bridgehead atoms. The predicted octanol–water partition coefficient (Wildman–Crippen LogP) is 6.37. The van der Waals surface area contributed by atoms with E-state index in [1.54, 1.807) is 63.7 Å². The van der Waals surface area contributed by atoms with Gasteiger partial charge in [0.05, 0.1) is 44.2 Å². The van der Waals surface area contributed by atoms with Crippen molar-refractivity contribution in [1.82, 2.24) is 48.6 Å². The largest absolute Gasteiger partial charge is 0.376 e. The SMILES string of the molecule is [C-]#[N+]CCOP(=NS(=O)(=O)c1nccn1C)(OCC1OC(n2cnc3c(NC(=O)c4ccccc4)ncnc32)C[C@H]1OC(C)C)O[C@@H]1CC(n2cnc3c(NC(=O)c4ccccc4)ncnc32)OC1COC(C)C. The van der Waals surface area contributed by atoms with Crippen LogP contribution in [0.25, 0.3) is 27.2 Å². The molecule has 0 spiro atoms. The highest BCUT2D eigenvalue weighted by Crippen LogP contribution is 2.58. The fourth-order valence-corrected chi connectivity index (χ4v) is 12.2. The number of amides is 2. The summed E-state index contributed by atoms with van der Waals surface area (Å²) in [5, 5.41) is 5.20. The number of aromatic nitrogens is 10. The number of nitrogens with zero attached hydrogens (tertiary/aromatic N) is 12. The van der Waals surface area contributed by atoms with Gasteiger partial charge in [0, 0.05) is 43.4 Å². The lowest BCUT2D eigenvalue weighted by molar-refractivity contribution is -0.0807. The summed E-state index contributed by atoms with van der Waals surface area (Å²) in [7, 11) is -7.76. The van der Waals surface area contributed by atoms with Crippen LogP contribution in [-0.4, -0.2) is 132 Å². The van der Waals surface area contributed by atoms with Crippen LogP contribution in [0.3, 0.4) is 0 Å². The minimum atomic E-state index is -4.72. The van der Waals surface area contributed by atoms with Crippen LogP contribution in [0.15, 0.2) is 108 Å². The van der Waals surface area contributed by atoms with Crippen molar-refractivity contribution in [1.29, 1.82) is 0 Å². The summed E-state index contributed by atoms with van der Waals surface area (Å²) in [4.78, 5) is 60.4. The zero-order valence-electron chi connectivity index (χ0n) is 40.8. The average Bonchev–Trinajstić information content (AvgIpc) is 4.25. The number of carbonyl (C=O) groups is 2. The minimum Gasteiger partial charge on any atom is -0.376 e. The van der Waals surface area contributed by atoms with Crippen molar-refractivity contribution in [2.24, 2.45) is 11.2 Å². The Morgan fingerprint density at radius 1 is 0.770 bits per heavy atom. The monoisotopic (exact) mass is 1050 g/mol. The van der Waals surface area contributed by atoms with Gasteiger partial charge in [-0.1, -0.05) is 40.5 Å². The van der Waals surface area contributed by atoms with Crippen LogP contribution < -0.4 is 10.6 Å². The molecule has 0 radical (unpaired) electrons. The molecule has 5 unspecified atom stereocenters. The lowest BCUT2D eigenvalue weighted by atomic mass is 10.2. The molecule has 388 valence electrons. The number of aryl methyl sites for hydroxylation is 1. The van der Waals surface area contributed by atoms with E-state index in [-0.39, 0.29) is 74.5 Å². The number of ether oxygens (including phenoxy) is 4. The Balaban J connectivity index is 1.04. The van der Waals surface area contributed by atoms with Gasteiger partial charge in [-0.05, 0) is 52.0 Å². The minimum absolute atomic E-state index is 0.0230. The van der Waals surface area contributed by atoms with Gasteiger partial charge in [0.15, 0.2) is 34.0 Å². The summed E-state index contributed by atoms with van der Waals surface area (Å²) >= 11 is 0. The number of sulfonamides is 1. The van der Waals surface area contributed by atoms with Crippen LogP contribution in [0.1, 0.15) is 73.7 Å². The first kappa shape index (κ1) is 52.0. The summed E-state index contributed by atoms with van der Waals surface area (Å²) in [6.45, 7) is 14.1. The first-order chi connectivity index (χ1) is 35.7. The number of hydrogen-bond acceptors (Lipinski definition) is 18. The number of rotatable bonds is 21. The van der Waals surface area contributed by atoms with Crippen LogP contribution >= 0.6 is 7.74 Å². The first-order valence-corrected chi connectivity index (χ1v) is 26.5. The molecule has 2 aliphatic heterocycles. The molecular formula is C47H53N14O11PS. The van der Waals surface area contributed by atoms with E-state index >= 15 is 0 Å². The van der Waals surface area contributed by atoms with Gasteiger partial charge < -0.3 is 39.0 Å². The molecule has 7 atom stereocenters. The molecule has 5 aromatic heterocycles. The Hall–Kier alpha value is -6.92. The maximum absolute atomic E-state index is 14.4. The van der Waals surface area contributed by atoms with E-state index in [2.05, 4.69) is 54.5 Å². The standard InChI is InChI=1S/C47H53N14O11PS/c1-29(2)66-23-35-34(22-38(70-35)61-28-55-40-42(51-26-53-44(40)61)57-46(63)32-15-11-8-12-16-32)72-73(67-20-18-48-5,58-74(64,65)47-49-17-19-59(47)6)68-24-36-33(69-30(3)4)21-37(71-36)60-27-54-39-41(50-25-52-43(39)60)56-45(62)31-13-9-7-10-14-31/h7-17,19,25-30,33-38H,18,20-24H2,1-4,6H3,(H,50,52,56,62)(H,51,53,57,63)/t33-,34-,35?,36?,37?,38?,73?/m1/s1. The fraction of sp³-hybridized carbons (Fsp3) is 0.404. The summed E-state index contributed by atoms with van der Waals surface area (Å²) in [6.07, 6.45) is 3.03. The van der Waals surface area contributed by atoms with E-state index in [4.69, 9.17) is 39.1 Å². The molecule has 2 saturated heterocycles. The summed E-state index contributed by atoms with van der Waals surface area (Å²) in [5.74, 6) is -0.423. The Bertz CT molecular complexity index is 3310. The Kier molecular flexibility index (Phi) is 15.9. The van der Waals surface area contributed by atoms with Crippen molar-refractivity contribution in [3.8, 4) is 0 Å². The lowest BCUT2D eigenvalue weighted by Gasteiger charge is -2.29. The van der Waals surface area contributed by atoms with Crippen molar-refractivity contribution in [3.63, 3.8) is 0 Å².